The molecule has 2 bridgehead atoms. The Balaban J connectivity index is 1.31. The molecule has 1 amide bonds. The number of fused-ring (bicyclic) bond motifs is 2. The normalized spacial score (nSPS) is 29.8. The summed E-state index contributed by atoms with van der Waals surface area (Å²) in [4.78, 5) is 14.4. The summed E-state index contributed by atoms with van der Waals surface area (Å²) in [7, 11) is 0. The third-order valence-corrected chi connectivity index (χ3v) is 5.16. The molecule has 0 spiro atoms. The van der Waals surface area contributed by atoms with Gasteiger partial charge in [0.25, 0.3) is 5.91 Å². The fraction of sp³-hybridized carbons (Fsp3) is 0.611. The van der Waals surface area contributed by atoms with Gasteiger partial charge in [-0.05, 0) is 43.7 Å². The number of ether oxygens (including phenoxy) is 2. The highest BCUT2D eigenvalue weighted by Gasteiger charge is 2.49. The number of carbonyl (C=O) groups is 1. The third kappa shape index (κ3) is 2.84. The van der Waals surface area contributed by atoms with Crippen LogP contribution in [0.1, 0.15) is 25.7 Å². The number of benzene rings is 1. The average Bonchev–Trinajstić information content (AvgIpc) is 3.24. The van der Waals surface area contributed by atoms with Crippen molar-refractivity contribution in [2.24, 2.45) is 11.8 Å². The molecule has 1 aliphatic heterocycles. The molecule has 1 heterocycles. The van der Waals surface area contributed by atoms with Crippen molar-refractivity contribution < 1.29 is 14.3 Å². The Labute approximate surface area is 131 Å². The predicted molar refractivity (Wildman–Crippen MR) is 82.6 cm³/mol. The lowest BCUT2D eigenvalue weighted by molar-refractivity contribution is -0.135. The molecule has 22 heavy (non-hydrogen) atoms. The Kier molecular flexibility index (Phi) is 3.78. The van der Waals surface area contributed by atoms with Gasteiger partial charge in [-0.3, -0.25) is 4.79 Å². The topological polar surface area (TPSA) is 38.8 Å². The number of para-hydroxylation sites is 1. The maximum atomic E-state index is 12.4. The summed E-state index contributed by atoms with van der Waals surface area (Å²) >= 11 is 0. The zero-order valence-electron chi connectivity index (χ0n) is 12.8. The summed E-state index contributed by atoms with van der Waals surface area (Å²) in [6.07, 6.45) is 5.17. The van der Waals surface area contributed by atoms with Crippen LogP contribution in [0, 0.1) is 11.8 Å². The summed E-state index contributed by atoms with van der Waals surface area (Å²) in [6.45, 7) is 1.86. The van der Waals surface area contributed by atoms with Gasteiger partial charge in [-0.2, -0.15) is 0 Å². The fourth-order valence-electron chi connectivity index (χ4n) is 3.75. The van der Waals surface area contributed by atoms with Gasteiger partial charge in [-0.25, -0.2) is 0 Å². The van der Waals surface area contributed by atoms with Crippen LogP contribution in [0.5, 0.6) is 5.75 Å². The highest BCUT2D eigenvalue weighted by atomic mass is 16.5. The van der Waals surface area contributed by atoms with E-state index in [1.165, 1.54) is 19.3 Å². The Morgan fingerprint density at radius 1 is 1.14 bits per heavy atom. The van der Waals surface area contributed by atoms with E-state index in [1.54, 1.807) is 0 Å². The molecule has 3 aliphatic rings. The number of rotatable bonds is 6. The highest BCUT2D eigenvalue weighted by molar-refractivity contribution is 5.78. The molecule has 3 atom stereocenters. The molecular formula is C18H23NO3. The molecule has 4 nitrogen and oxygen atoms in total. The molecule has 1 aromatic carbocycles. The highest BCUT2D eigenvalue weighted by Crippen LogP contribution is 2.41. The first-order chi connectivity index (χ1) is 10.8. The van der Waals surface area contributed by atoms with Crippen LogP contribution >= 0.6 is 0 Å². The number of likely N-dealkylation sites (tertiary alicyclic amines) is 1. The number of amides is 1. The second-order valence-corrected chi connectivity index (χ2v) is 6.79. The van der Waals surface area contributed by atoms with E-state index in [4.69, 9.17) is 9.47 Å². The van der Waals surface area contributed by atoms with Crippen molar-refractivity contribution in [3.63, 3.8) is 0 Å². The van der Waals surface area contributed by atoms with Gasteiger partial charge in [0.2, 0.25) is 0 Å². The van der Waals surface area contributed by atoms with Gasteiger partial charge in [-0.1, -0.05) is 18.2 Å². The van der Waals surface area contributed by atoms with E-state index in [-0.39, 0.29) is 24.7 Å². The van der Waals surface area contributed by atoms with Crippen molar-refractivity contribution in [1.29, 1.82) is 0 Å². The number of hydrogen-bond donors (Lipinski definition) is 0. The lowest BCUT2D eigenvalue weighted by atomic mass is 10.1. The van der Waals surface area contributed by atoms with Crippen LogP contribution in [0.15, 0.2) is 30.3 Å². The van der Waals surface area contributed by atoms with Crippen LogP contribution in [0.25, 0.3) is 0 Å². The third-order valence-electron chi connectivity index (χ3n) is 5.16. The molecule has 118 valence electrons. The van der Waals surface area contributed by atoms with Crippen molar-refractivity contribution in [1.82, 2.24) is 4.90 Å². The van der Waals surface area contributed by atoms with Crippen molar-refractivity contribution in [2.75, 3.05) is 19.8 Å². The minimum absolute atomic E-state index is 0.0936. The van der Waals surface area contributed by atoms with Crippen LogP contribution in [0.4, 0.5) is 0 Å². The molecule has 2 saturated carbocycles. The minimum atomic E-state index is 0.0936. The van der Waals surface area contributed by atoms with Crippen molar-refractivity contribution in [3.8, 4) is 5.75 Å². The zero-order chi connectivity index (χ0) is 14.9. The largest absolute Gasteiger partial charge is 0.484 e. The first-order valence-electron chi connectivity index (χ1n) is 8.40. The van der Waals surface area contributed by atoms with Crippen LogP contribution < -0.4 is 4.74 Å². The monoisotopic (exact) mass is 301 g/mol. The van der Waals surface area contributed by atoms with E-state index in [2.05, 4.69) is 0 Å². The van der Waals surface area contributed by atoms with E-state index in [0.29, 0.717) is 5.92 Å². The molecule has 4 rings (SSSR count). The molecule has 4 heteroatoms. The average molecular weight is 301 g/mol. The predicted octanol–water partition coefficient (Wildman–Crippen LogP) is 2.48. The fourth-order valence-corrected chi connectivity index (χ4v) is 3.75. The summed E-state index contributed by atoms with van der Waals surface area (Å²) in [5, 5.41) is 0. The SMILES string of the molecule is O=C(COc1ccccc1)N1CC2CCC1C2OCC1CC1. The van der Waals surface area contributed by atoms with Crippen molar-refractivity contribution >= 4 is 5.91 Å². The van der Waals surface area contributed by atoms with E-state index < -0.39 is 0 Å². The molecular weight excluding hydrogens is 278 g/mol. The zero-order valence-corrected chi connectivity index (χ0v) is 12.8. The Bertz CT molecular complexity index is 528. The first kappa shape index (κ1) is 14.1. The lowest BCUT2D eigenvalue weighted by Gasteiger charge is -2.27. The van der Waals surface area contributed by atoms with E-state index in [9.17, 15) is 4.79 Å². The number of nitrogens with zero attached hydrogens (tertiary/aromatic N) is 1. The minimum Gasteiger partial charge on any atom is -0.484 e. The number of piperidine rings is 1. The van der Waals surface area contributed by atoms with Gasteiger partial charge in [0.05, 0.1) is 12.1 Å². The summed E-state index contributed by atoms with van der Waals surface area (Å²) < 4.78 is 11.7. The van der Waals surface area contributed by atoms with Gasteiger partial charge >= 0.3 is 0 Å². The van der Waals surface area contributed by atoms with Gasteiger partial charge in [0.1, 0.15) is 5.75 Å². The summed E-state index contributed by atoms with van der Waals surface area (Å²) in [6, 6.07) is 9.81. The van der Waals surface area contributed by atoms with Crippen LogP contribution in [-0.4, -0.2) is 42.7 Å². The Hall–Kier alpha value is -1.55. The maximum absolute atomic E-state index is 12.4. The number of carbonyl (C=O) groups excluding carboxylic acids is 1. The Morgan fingerprint density at radius 2 is 1.95 bits per heavy atom. The molecule has 0 N–H and O–H groups in total. The van der Waals surface area contributed by atoms with E-state index in [0.717, 1.165) is 31.2 Å². The van der Waals surface area contributed by atoms with E-state index >= 15 is 0 Å². The standard InChI is InChI=1S/C18H23NO3/c20-17(12-21-15-4-2-1-3-5-15)19-10-14-8-9-16(19)18(14)22-11-13-6-7-13/h1-5,13-14,16,18H,6-12H2. The summed E-state index contributed by atoms with van der Waals surface area (Å²) in [5.74, 6) is 2.16. The first-order valence-corrected chi connectivity index (χ1v) is 8.40. The van der Waals surface area contributed by atoms with E-state index in [1.807, 2.05) is 35.2 Å². The quantitative estimate of drug-likeness (QED) is 0.810. The van der Waals surface area contributed by atoms with Crippen molar-refractivity contribution in [2.45, 2.75) is 37.8 Å². The van der Waals surface area contributed by atoms with Crippen LogP contribution in [0.3, 0.4) is 0 Å². The van der Waals surface area contributed by atoms with Crippen LogP contribution in [0.2, 0.25) is 0 Å². The van der Waals surface area contributed by atoms with Gasteiger partial charge < -0.3 is 14.4 Å². The lowest BCUT2D eigenvalue weighted by Crippen LogP contribution is -2.42. The second kappa shape index (κ2) is 5.92. The van der Waals surface area contributed by atoms with Crippen LogP contribution in [-0.2, 0) is 9.53 Å². The molecule has 2 aliphatic carbocycles. The van der Waals surface area contributed by atoms with Crippen molar-refractivity contribution in [3.05, 3.63) is 30.3 Å². The smallest absolute Gasteiger partial charge is 0.260 e. The molecule has 1 saturated heterocycles. The molecule has 1 aromatic rings. The second-order valence-electron chi connectivity index (χ2n) is 6.79. The maximum Gasteiger partial charge on any atom is 0.260 e. The summed E-state index contributed by atoms with van der Waals surface area (Å²) in [5.41, 5.74) is 0. The number of hydrogen-bond acceptors (Lipinski definition) is 3. The molecule has 3 unspecified atom stereocenters. The molecule has 0 radical (unpaired) electrons. The molecule has 3 fully saturated rings. The van der Waals surface area contributed by atoms with Gasteiger partial charge in [-0.15, -0.1) is 0 Å². The van der Waals surface area contributed by atoms with Gasteiger partial charge in [0, 0.05) is 19.1 Å². The van der Waals surface area contributed by atoms with Gasteiger partial charge in [0.15, 0.2) is 6.61 Å². The molecule has 0 aromatic heterocycles. The Morgan fingerprint density at radius 3 is 2.73 bits per heavy atom.